The highest BCUT2D eigenvalue weighted by atomic mass is 79.9. The number of hydrogen-bond donors (Lipinski definition) is 0. The van der Waals surface area contributed by atoms with Crippen molar-refractivity contribution in [2.24, 2.45) is 16.7 Å². The van der Waals surface area contributed by atoms with Crippen LogP contribution >= 0.6 is 15.9 Å². The molecule has 0 aromatic carbocycles. The molecule has 1 aliphatic heterocycles. The van der Waals surface area contributed by atoms with E-state index < -0.39 is 11.8 Å². The van der Waals surface area contributed by atoms with Crippen LogP contribution in [0.25, 0.3) is 0 Å². The van der Waals surface area contributed by atoms with Gasteiger partial charge in [-0.3, -0.25) is 9.78 Å². The molecule has 1 aromatic rings. The summed E-state index contributed by atoms with van der Waals surface area (Å²) in [4.78, 5) is 32.3. The number of carbonyl (C=O) groups is 2. The molecule has 2 heterocycles. The fraction of sp³-hybridized carbons (Fsp3) is 0.682. The largest absolute Gasteiger partial charge is 0.457 e. The van der Waals surface area contributed by atoms with Crippen molar-refractivity contribution in [1.29, 1.82) is 0 Å². The lowest BCUT2D eigenvalue weighted by molar-refractivity contribution is -0.141. The Labute approximate surface area is 176 Å². The number of nitrogens with zero attached hydrogens (tertiary/aromatic N) is 2. The molecule has 0 spiro atoms. The quantitative estimate of drug-likeness (QED) is 0.372. The number of hydrogen-bond acceptors (Lipinski definition) is 5. The SMILES string of the molecule is Cc1nc(C)c(C(=O)C(=O)OC(C)C)c(N2CC3CCC(C)(C2)C3(C)C)c1Br. The number of ketones is 1. The van der Waals surface area contributed by atoms with Gasteiger partial charge in [0.25, 0.3) is 5.78 Å². The number of Topliss-reactive ketones (excluding diaryl/α,β-unsaturated/α-hetero) is 1. The first kappa shape index (κ1) is 21.3. The van der Waals surface area contributed by atoms with Gasteiger partial charge in [-0.25, -0.2) is 4.79 Å². The topological polar surface area (TPSA) is 59.5 Å². The van der Waals surface area contributed by atoms with E-state index in [4.69, 9.17) is 4.74 Å². The smallest absolute Gasteiger partial charge is 0.380 e. The number of piperidine rings is 1. The van der Waals surface area contributed by atoms with E-state index in [2.05, 4.69) is 46.6 Å². The van der Waals surface area contributed by atoms with Crippen LogP contribution in [0.1, 0.15) is 69.2 Å². The molecule has 0 amide bonds. The molecule has 154 valence electrons. The monoisotopic (exact) mass is 450 g/mol. The van der Waals surface area contributed by atoms with Crippen molar-refractivity contribution in [3.8, 4) is 0 Å². The lowest BCUT2D eigenvalue weighted by atomic mass is 9.63. The molecule has 28 heavy (non-hydrogen) atoms. The Bertz CT molecular complexity index is 834. The van der Waals surface area contributed by atoms with Crippen LogP contribution in [-0.2, 0) is 9.53 Å². The van der Waals surface area contributed by atoms with Gasteiger partial charge in [0.1, 0.15) is 0 Å². The molecule has 0 N–H and O–H groups in total. The van der Waals surface area contributed by atoms with Crippen molar-refractivity contribution in [3.05, 3.63) is 21.4 Å². The Hall–Kier alpha value is -1.43. The first-order chi connectivity index (χ1) is 12.9. The minimum absolute atomic E-state index is 0.166. The zero-order chi connectivity index (χ0) is 21.0. The Morgan fingerprint density at radius 3 is 2.43 bits per heavy atom. The average Bonchev–Trinajstić information content (AvgIpc) is 2.72. The fourth-order valence-electron chi connectivity index (χ4n) is 4.94. The summed E-state index contributed by atoms with van der Waals surface area (Å²) in [7, 11) is 0. The number of ether oxygens (including phenoxy) is 1. The molecule has 6 heteroatoms. The molecule has 5 nitrogen and oxygen atoms in total. The molecule has 2 atom stereocenters. The number of pyridine rings is 1. The summed E-state index contributed by atoms with van der Waals surface area (Å²) >= 11 is 3.67. The van der Waals surface area contributed by atoms with Crippen LogP contribution < -0.4 is 4.90 Å². The summed E-state index contributed by atoms with van der Waals surface area (Å²) in [5.41, 5.74) is 2.98. The molecule has 2 aliphatic rings. The molecule has 2 fully saturated rings. The second-order valence-corrected chi connectivity index (χ2v) is 10.3. The summed E-state index contributed by atoms with van der Waals surface area (Å²) in [5.74, 6) is -0.877. The van der Waals surface area contributed by atoms with E-state index >= 15 is 0 Å². The minimum Gasteiger partial charge on any atom is -0.457 e. The molecular formula is C22H31BrN2O3. The maximum Gasteiger partial charge on any atom is 0.380 e. The number of carbonyl (C=O) groups excluding carboxylic acids is 2. The van der Waals surface area contributed by atoms with Gasteiger partial charge in [0, 0.05) is 13.1 Å². The van der Waals surface area contributed by atoms with Crippen molar-refractivity contribution in [2.75, 3.05) is 18.0 Å². The van der Waals surface area contributed by atoms with E-state index in [1.807, 2.05) is 6.92 Å². The number of esters is 1. The summed E-state index contributed by atoms with van der Waals surface area (Å²) in [6, 6.07) is 0. The van der Waals surface area contributed by atoms with Crippen LogP contribution in [0.4, 0.5) is 5.69 Å². The molecule has 2 bridgehead atoms. The second-order valence-electron chi connectivity index (χ2n) is 9.50. The number of aromatic nitrogens is 1. The van der Waals surface area contributed by atoms with Crippen LogP contribution in [0.3, 0.4) is 0 Å². The van der Waals surface area contributed by atoms with Crippen molar-refractivity contribution in [2.45, 2.75) is 67.4 Å². The Kier molecular flexibility index (Phi) is 5.41. The number of rotatable bonds is 4. The zero-order valence-corrected chi connectivity index (χ0v) is 19.6. The Morgan fingerprint density at radius 1 is 1.21 bits per heavy atom. The van der Waals surface area contributed by atoms with Crippen molar-refractivity contribution < 1.29 is 14.3 Å². The minimum atomic E-state index is -0.816. The molecule has 0 radical (unpaired) electrons. The predicted molar refractivity (Wildman–Crippen MR) is 114 cm³/mol. The van der Waals surface area contributed by atoms with Gasteiger partial charge in [-0.05, 0) is 73.2 Å². The van der Waals surface area contributed by atoms with Crippen LogP contribution in [-0.4, -0.2) is 35.9 Å². The van der Waals surface area contributed by atoms with Crippen molar-refractivity contribution in [1.82, 2.24) is 4.98 Å². The van der Waals surface area contributed by atoms with E-state index in [-0.39, 0.29) is 16.9 Å². The van der Waals surface area contributed by atoms with Gasteiger partial charge in [0.2, 0.25) is 0 Å². The Balaban J connectivity index is 2.09. The van der Waals surface area contributed by atoms with E-state index in [1.54, 1.807) is 20.8 Å². The van der Waals surface area contributed by atoms with Crippen molar-refractivity contribution >= 4 is 33.4 Å². The number of fused-ring (bicyclic) bond motifs is 2. The van der Waals surface area contributed by atoms with E-state index in [0.29, 0.717) is 17.2 Å². The molecule has 2 unspecified atom stereocenters. The van der Waals surface area contributed by atoms with Gasteiger partial charge >= 0.3 is 5.97 Å². The molecule has 1 aromatic heterocycles. The summed E-state index contributed by atoms with van der Waals surface area (Å²) in [6.45, 7) is 16.0. The fourth-order valence-corrected chi connectivity index (χ4v) is 5.48. The van der Waals surface area contributed by atoms with Crippen molar-refractivity contribution in [3.63, 3.8) is 0 Å². The maximum atomic E-state index is 13.1. The molecule has 1 saturated heterocycles. The molecular weight excluding hydrogens is 420 g/mol. The standard InChI is InChI=1S/C22H31BrN2O3/c1-12(2)28-20(27)19(26)16-13(3)24-14(4)17(23)18(16)25-10-15-8-9-22(7,11-25)21(15,5)6/h12,15H,8-11H2,1-7H3. The van der Waals surface area contributed by atoms with Gasteiger partial charge in [-0.2, -0.15) is 0 Å². The highest BCUT2D eigenvalue weighted by molar-refractivity contribution is 9.10. The first-order valence-corrected chi connectivity index (χ1v) is 10.9. The third-order valence-electron chi connectivity index (χ3n) is 7.13. The molecule has 3 rings (SSSR count). The van der Waals surface area contributed by atoms with Crippen LogP contribution in [0, 0.1) is 30.6 Å². The van der Waals surface area contributed by atoms with Crippen LogP contribution in [0.5, 0.6) is 0 Å². The zero-order valence-electron chi connectivity index (χ0n) is 18.0. The van der Waals surface area contributed by atoms with Gasteiger partial charge in [-0.15, -0.1) is 0 Å². The van der Waals surface area contributed by atoms with Gasteiger partial charge < -0.3 is 9.64 Å². The normalized spacial score (nSPS) is 25.9. The third kappa shape index (κ3) is 3.27. The van der Waals surface area contributed by atoms with Crippen LogP contribution in [0.2, 0.25) is 0 Å². The number of aryl methyl sites for hydroxylation is 2. The summed E-state index contributed by atoms with van der Waals surface area (Å²) in [6.07, 6.45) is 2.03. The summed E-state index contributed by atoms with van der Waals surface area (Å²) < 4.78 is 5.98. The predicted octanol–water partition coefficient (Wildman–Crippen LogP) is 4.86. The van der Waals surface area contributed by atoms with E-state index in [1.165, 1.54) is 12.8 Å². The maximum absolute atomic E-state index is 13.1. The van der Waals surface area contributed by atoms with Gasteiger partial charge in [0.05, 0.1) is 33.2 Å². The lowest BCUT2D eigenvalue weighted by Crippen LogP contribution is -2.52. The van der Waals surface area contributed by atoms with E-state index in [9.17, 15) is 9.59 Å². The Morgan fingerprint density at radius 2 is 1.86 bits per heavy atom. The third-order valence-corrected chi connectivity index (χ3v) is 8.08. The number of halogens is 1. The first-order valence-electron chi connectivity index (χ1n) is 10.1. The highest BCUT2D eigenvalue weighted by Gasteiger charge is 2.56. The van der Waals surface area contributed by atoms with Gasteiger partial charge in [-0.1, -0.05) is 20.8 Å². The summed E-state index contributed by atoms with van der Waals surface area (Å²) in [5, 5.41) is 0. The van der Waals surface area contributed by atoms with Crippen LogP contribution in [0.15, 0.2) is 4.47 Å². The second kappa shape index (κ2) is 7.12. The number of anilines is 1. The highest BCUT2D eigenvalue weighted by Crippen LogP contribution is 2.60. The average molecular weight is 451 g/mol. The molecule has 1 aliphatic carbocycles. The molecule has 1 saturated carbocycles. The lowest BCUT2D eigenvalue weighted by Gasteiger charge is -2.51. The van der Waals surface area contributed by atoms with Gasteiger partial charge in [0.15, 0.2) is 0 Å². The van der Waals surface area contributed by atoms with E-state index in [0.717, 1.165) is 28.9 Å².